The Bertz CT molecular complexity index is 802. The van der Waals surface area contributed by atoms with Gasteiger partial charge in [-0.2, -0.15) is 0 Å². The monoisotopic (exact) mass is 397 g/mol. The van der Waals surface area contributed by atoms with Crippen molar-refractivity contribution in [3.63, 3.8) is 0 Å². The van der Waals surface area contributed by atoms with Crippen molar-refractivity contribution < 1.29 is 4.79 Å². The number of aromatic amines is 1. The predicted molar refractivity (Wildman–Crippen MR) is 122 cm³/mol. The fraction of sp³-hybridized carbons (Fsp3) is 0.640. The van der Waals surface area contributed by atoms with Crippen LogP contribution in [0.4, 0.5) is 0 Å². The molecule has 4 heteroatoms. The Kier molecular flexibility index (Phi) is 7.39. The van der Waals surface area contributed by atoms with Crippen molar-refractivity contribution in [1.82, 2.24) is 14.8 Å². The van der Waals surface area contributed by atoms with Gasteiger partial charge < -0.3 is 9.88 Å². The highest BCUT2D eigenvalue weighted by Gasteiger charge is 2.32. The summed E-state index contributed by atoms with van der Waals surface area (Å²) in [6.45, 7) is 13.2. The van der Waals surface area contributed by atoms with E-state index in [9.17, 15) is 4.79 Å². The van der Waals surface area contributed by atoms with E-state index in [2.05, 4.69) is 66.7 Å². The highest BCUT2D eigenvalue weighted by molar-refractivity contribution is 5.86. The summed E-state index contributed by atoms with van der Waals surface area (Å²) in [7, 11) is 0. The Balaban J connectivity index is 1.81. The maximum Gasteiger partial charge on any atom is 0.222 e. The standard InChI is InChI=1S/C25H39N3O/c1-6-18(4)27(19(5)7-2)16-11-14-23-25-21(15-17-28(23)24(29)8-3)20-12-9-10-13-22(20)26-25/h9-10,12-13,18-19,23,26H,6-8,11,14-17H2,1-5H3. The van der Waals surface area contributed by atoms with Gasteiger partial charge in [0.2, 0.25) is 5.91 Å². The van der Waals surface area contributed by atoms with Crippen molar-refractivity contribution in [1.29, 1.82) is 0 Å². The van der Waals surface area contributed by atoms with E-state index in [0.717, 1.165) is 32.4 Å². The molecule has 1 aliphatic heterocycles. The number of benzene rings is 1. The van der Waals surface area contributed by atoms with Gasteiger partial charge in [-0.25, -0.2) is 0 Å². The van der Waals surface area contributed by atoms with Crippen LogP contribution in [0.1, 0.15) is 84.0 Å². The Morgan fingerprint density at radius 1 is 1.17 bits per heavy atom. The molecule has 4 nitrogen and oxygen atoms in total. The highest BCUT2D eigenvalue weighted by atomic mass is 16.2. The quantitative estimate of drug-likeness (QED) is 0.591. The third-order valence-electron chi connectivity index (χ3n) is 6.99. The molecule has 0 aliphatic carbocycles. The summed E-state index contributed by atoms with van der Waals surface area (Å²) >= 11 is 0. The van der Waals surface area contributed by atoms with Crippen LogP contribution in [0.25, 0.3) is 10.9 Å². The Morgan fingerprint density at radius 3 is 2.52 bits per heavy atom. The summed E-state index contributed by atoms with van der Waals surface area (Å²) in [5.41, 5.74) is 3.90. The van der Waals surface area contributed by atoms with Gasteiger partial charge in [0.1, 0.15) is 0 Å². The molecule has 2 heterocycles. The van der Waals surface area contributed by atoms with E-state index in [4.69, 9.17) is 0 Å². The lowest BCUT2D eigenvalue weighted by Crippen LogP contribution is -2.42. The molecule has 1 amide bonds. The molecule has 3 rings (SSSR count). The van der Waals surface area contributed by atoms with Gasteiger partial charge in [-0.1, -0.05) is 39.0 Å². The third kappa shape index (κ3) is 4.53. The minimum absolute atomic E-state index is 0.175. The second-order valence-corrected chi connectivity index (χ2v) is 8.66. The summed E-state index contributed by atoms with van der Waals surface area (Å²) in [5.74, 6) is 0.278. The maximum absolute atomic E-state index is 12.7. The molecule has 0 bridgehead atoms. The van der Waals surface area contributed by atoms with Crippen LogP contribution in [-0.2, 0) is 11.2 Å². The summed E-state index contributed by atoms with van der Waals surface area (Å²) in [5, 5.41) is 1.33. The number of aromatic nitrogens is 1. The molecular weight excluding hydrogens is 358 g/mol. The predicted octanol–water partition coefficient (Wildman–Crippen LogP) is 5.68. The van der Waals surface area contributed by atoms with Gasteiger partial charge in [0.05, 0.1) is 6.04 Å². The lowest BCUT2D eigenvalue weighted by atomic mass is 9.93. The normalized spacial score (nSPS) is 18.8. The first kappa shape index (κ1) is 21.9. The van der Waals surface area contributed by atoms with Crippen LogP contribution in [0.3, 0.4) is 0 Å². The molecule has 0 fully saturated rings. The maximum atomic E-state index is 12.7. The van der Waals surface area contributed by atoms with Crippen molar-refractivity contribution in [3.8, 4) is 0 Å². The molecule has 1 N–H and O–H groups in total. The average molecular weight is 398 g/mol. The molecule has 0 radical (unpaired) electrons. The topological polar surface area (TPSA) is 39.3 Å². The second kappa shape index (κ2) is 9.80. The Labute approximate surface area is 176 Å². The van der Waals surface area contributed by atoms with Crippen molar-refractivity contribution in [3.05, 3.63) is 35.5 Å². The van der Waals surface area contributed by atoms with Crippen molar-refractivity contribution in [2.24, 2.45) is 0 Å². The highest BCUT2D eigenvalue weighted by Crippen LogP contribution is 2.37. The first-order valence-corrected chi connectivity index (χ1v) is 11.7. The van der Waals surface area contributed by atoms with E-state index in [1.54, 1.807) is 0 Å². The Hall–Kier alpha value is -1.81. The van der Waals surface area contributed by atoms with E-state index in [1.807, 2.05) is 6.92 Å². The molecule has 3 atom stereocenters. The van der Waals surface area contributed by atoms with Gasteiger partial charge in [-0.05, 0) is 64.1 Å². The number of rotatable bonds is 9. The zero-order valence-corrected chi connectivity index (χ0v) is 19.0. The molecule has 160 valence electrons. The SMILES string of the molecule is CCC(=O)N1CCc2c([nH]c3ccccc23)C1CCCN(C(C)CC)C(C)CC. The first-order valence-electron chi connectivity index (χ1n) is 11.7. The molecule has 0 saturated heterocycles. The van der Waals surface area contributed by atoms with Crippen molar-refractivity contribution in [2.45, 2.75) is 91.3 Å². The lowest BCUT2D eigenvalue weighted by molar-refractivity contribution is -0.134. The van der Waals surface area contributed by atoms with Crippen LogP contribution >= 0.6 is 0 Å². The van der Waals surface area contributed by atoms with E-state index in [-0.39, 0.29) is 11.9 Å². The number of hydrogen-bond acceptors (Lipinski definition) is 2. The molecule has 0 spiro atoms. The van der Waals surface area contributed by atoms with Gasteiger partial charge in [0.15, 0.2) is 0 Å². The van der Waals surface area contributed by atoms with Crippen LogP contribution in [-0.4, -0.2) is 45.9 Å². The zero-order valence-electron chi connectivity index (χ0n) is 19.0. The third-order valence-corrected chi connectivity index (χ3v) is 6.99. The molecule has 3 unspecified atom stereocenters. The largest absolute Gasteiger partial charge is 0.356 e. The van der Waals surface area contributed by atoms with E-state index < -0.39 is 0 Å². The first-order chi connectivity index (χ1) is 14.0. The van der Waals surface area contributed by atoms with Crippen molar-refractivity contribution in [2.75, 3.05) is 13.1 Å². The minimum atomic E-state index is 0.175. The number of nitrogens with one attached hydrogen (secondary N) is 1. The number of nitrogens with zero attached hydrogens (tertiary/aromatic N) is 2. The van der Waals surface area contributed by atoms with Crippen LogP contribution < -0.4 is 0 Å². The number of fused-ring (bicyclic) bond motifs is 3. The second-order valence-electron chi connectivity index (χ2n) is 8.66. The van der Waals surface area contributed by atoms with E-state index in [0.29, 0.717) is 18.5 Å². The van der Waals surface area contributed by atoms with Crippen LogP contribution in [0.5, 0.6) is 0 Å². The van der Waals surface area contributed by atoms with Gasteiger partial charge in [-0.3, -0.25) is 9.69 Å². The molecular formula is C25H39N3O. The number of carbonyl (C=O) groups is 1. The summed E-state index contributed by atoms with van der Waals surface area (Å²) in [6, 6.07) is 9.96. The smallest absolute Gasteiger partial charge is 0.222 e. The average Bonchev–Trinajstić information content (AvgIpc) is 3.14. The van der Waals surface area contributed by atoms with Gasteiger partial charge in [0, 0.05) is 41.6 Å². The molecule has 1 aliphatic rings. The van der Waals surface area contributed by atoms with Gasteiger partial charge in [0.25, 0.3) is 0 Å². The lowest BCUT2D eigenvalue weighted by Gasteiger charge is -2.38. The van der Waals surface area contributed by atoms with E-state index >= 15 is 0 Å². The molecule has 29 heavy (non-hydrogen) atoms. The summed E-state index contributed by atoms with van der Waals surface area (Å²) < 4.78 is 0. The number of H-pyrrole nitrogens is 1. The minimum Gasteiger partial charge on any atom is -0.356 e. The van der Waals surface area contributed by atoms with Crippen LogP contribution in [0, 0.1) is 0 Å². The van der Waals surface area contributed by atoms with Crippen LogP contribution in [0.15, 0.2) is 24.3 Å². The number of carbonyl (C=O) groups excluding carboxylic acids is 1. The molecule has 1 aromatic carbocycles. The molecule has 1 aromatic heterocycles. The summed E-state index contributed by atoms with van der Waals surface area (Å²) in [4.78, 5) is 21.2. The molecule has 2 aromatic rings. The molecule has 0 saturated carbocycles. The van der Waals surface area contributed by atoms with Crippen LogP contribution in [0.2, 0.25) is 0 Å². The number of amides is 1. The van der Waals surface area contributed by atoms with Gasteiger partial charge in [-0.15, -0.1) is 0 Å². The van der Waals surface area contributed by atoms with Gasteiger partial charge >= 0.3 is 0 Å². The summed E-state index contributed by atoms with van der Waals surface area (Å²) in [6.07, 6.45) is 6.03. The fourth-order valence-electron chi connectivity index (χ4n) is 4.93. The fourth-order valence-corrected chi connectivity index (χ4v) is 4.93. The Morgan fingerprint density at radius 2 is 1.86 bits per heavy atom. The number of hydrogen-bond donors (Lipinski definition) is 1. The zero-order chi connectivity index (χ0) is 21.0. The van der Waals surface area contributed by atoms with Crippen molar-refractivity contribution >= 4 is 16.8 Å². The van der Waals surface area contributed by atoms with E-state index in [1.165, 1.54) is 35.0 Å². The number of para-hydroxylation sites is 1.